The summed E-state index contributed by atoms with van der Waals surface area (Å²) >= 11 is 6.08. The molecular weight excluding hydrogens is 457 g/mol. The van der Waals surface area contributed by atoms with Crippen molar-refractivity contribution in [1.29, 1.82) is 0 Å². The van der Waals surface area contributed by atoms with Crippen LogP contribution >= 0.6 is 11.6 Å². The Morgan fingerprint density at radius 1 is 1.24 bits per heavy atom. The van der Waals surface area contributed by atoms with E-state index in [1.54, 1.807) is 61.5 Å². The molecular formula is C23H22ClF3N4O2. The van der Waals surface area contributed by atoms with Gasteiger partial charge in [0.1, 0.15) is 23.2 Å². The fraction of sp³-hybridized carbons (Fsp3) is 0.304. The summed E-state index contributed by atoms with van der Waals surface area (Å²) in [6.07, 6.45) is -4.01. The Bertz CT molecular complexity index is 1120. The zero-order valence-corrected chi connectivity index (χ0v) is 18.4. The van der Waals surface area contributed by atoms with Gasteiger partial charge in [-0.15, -0.1) is 0 Å². The van der Waals surface area contributed by atoms with Crippen molar-refractivity contribution in [1.82, 2.24) is 15.1 Å². The van der Waals surface area contributed by atoms with Gasteiger partial charge in [0.05, 0.1) is 23.8 Å². The molecule has 2 N–H and O–H groups in total. The largest absolute Gasteiger partial charge is 0.487 e. The lowest BCUT2D eigenvalue weighted by Crippen LogP contribution is -2.37. The molecule has 0 spiro atoms. The molecule has 33 heavy (non-hydrogen) atoms. The highest BCUT2D eigenvalue weighted by Gasteiger charge is 2.47. The number of fused-ring (bicyclic) bond motifs is 1. The number of ether oxygens (including phenoxy) is 1. The minimum absolute atomic E-state index is 0.0367. The Kier molecular flexibility index (Phi) is 6.51. The van der Waals surface area contributed by atoms with Crippen molar-refractivity contribution in [3.63, 3.8) is 0 Å². The third kappa shape index (κ3) is 5.08. The molecule has 2 unspecified atom stereocenters. The Balaban J connectivity index is 1.51. The van der Waals surface area contributed by atoms with Crippen molar-refractivity contribution < 1.29 is 22.7 Å². The number of rotatable bonds is 6. The van der Waals surface area contributed by atoms with E-state index in [1.165, 1.54) is 0 Å². The van der Waals surface area contributed by atoms with Crippen LogP contribution in [0.4, 0.5) is 19.0 Å². The first kappa shape index (κ1) is 23.0. The van der Waals surface area contributed by atoms with Gasteiger partial charge in [0, 0.05) is 6.42 Å². The molecule has 1 aromatic heterocycles. The standard InChI is InChI=1S/C23H22ClF3N4O2/c1-14(33-19-10-6-5-9-17(19)24)12-28-22(32)16-13-29-31-20(23(25,26)27)11-18(30-21(16)31)15-7-3-2-4-8-15/h2-10,13-14,18,20,30H,11-12H2,1H3,(H,28,32)/t14?,18?,20-/m0/s1. The second-order valence-electron chi connectivity index (χ2n) is 7.82. The number of amides is 1. The molecule has 0 aliphatic carbocycles. The lowest BCUT2D eigenvalue weighted by Gasteiger charge is -2.34. The Labute approximate surface area is 193 Å². The summed E-state index contributed by atoms with van der Waals surface area (Å²) in [5.74, 6) is -0.0354. The number of nitrogens with zero attached hydrogens (tertiary/aromatic N) is 2. The lowest BCUT2D eigenvalue weighted by atomic mass is 9.96. The van der Waals surface area contributed by atoms with Gasteiger partial charge >= 0.3 is 6.18 Å². The number of para-hydroxylation sites is 1. The van der Waals surface area contributed by atoms with E-state index in [-0.39, 0.29) is 24.3 Å². The van der Waals surface area contributed by atoms with E-state index in [2.05, 4.69) is 15.7 Å². The third-order valence-corrected chi connectivity index (χ3v) is 5.71. The number of carbonyl (C=O) groups excluding carboxylic acids is 1. The number of carbonyl (C=O) groups is 1. The first-order valence-corrected chi connectivity index (χ1v) is 10.8. The molecule has 2 heterocycles. The van der Waals surface area contributed by atoms with Crippen molar-refractivity contribution in [3.05, 3.63) is 76.9 Å². The van der Waals surface area contributed by atoms with Gasteiger partial charge in [-0.3, -0.25) is 4.79 Å². The van der Waals surface area contributed by atoms with Crippen LogP contribution in [0.2, 0.25) is 5.02 Å². The summed E-state index contributed by atoms with van der Waals surface area (Å²) in [5, 5.41) is 10.1. The van der Waals surface area contributed by atoms with Gasteiger partial charge in [-0.2, -0.15) is 18.3 Å². The Hall–Kier alpha value is -3.20. The van der Waals surface area contributed by atoms with Gasteiger partial charge in [0.2, 0.25) is 0 Å². The number of alkyl halides is 3. The van der Waals surface area contributed by atoms with Crippen LogP contribution in [-0.4, -0.2) is 34.5 Å². The smallest absolute Gasteiger partial charge is 0.410 e. The maximum atomic E-state index is 13.8. The van der Waals surface area contributed by atoms with E-state index in [0.29, 0.717) is 16.3 Å². The highest BCUT2D eigenvalue weighted by atomic mass is 35.5. The zero-order chi connectivity index (χ0) is 23.6. The highest BCUT2D eigenvalue weighted by molar-refractivity contribution is 6.32. The summed E-state index contributed by atoms with van der Waals surface area (Å²) in [4.78, 5) is 12.8. The number of anilines is 1. The summed E-state index contributed by atoms with van der Waals surface area (Å²) in [5.41, 5.74) is 0.738. The molecule has 0 radical (unpaired) electrons. The molecule has 0 saturated heterocycles. The molecule has 0 fully saturated rings. The minimum atomic E-state index is -4.51. The molecule has 3 atom stereocenters. The van der Waals surface area contributed by atoms with Crippen LogP contribution in [0.5, 0.6) is 5.75 Å². The average Bonchev–Trinajstić information content (AvgIpc) is 3.22. The number of hydrogen-bond acceptors (Lipinski definition) is 4. The molecule has 10 heteroatoms. The van der Waals surface area contributed by atoms with Gasteiger partial charge in [0.25, 0.3) is 5.91 Å². The van der Waals surface area contributed by atoms with Gasteiger partial charge < -0.3 is 15.4 Å². The van der Waals surface area contributed by atoms with Gasteiger partial charge in [-0.25, -0.2) is 4.68 Å². The quantitative estimate of drug-likeness (QED) is 0.498. The van der Waals surface area contributed by atoms with E-state index < -0.39 is 30.3 Å². The molecule has 1 aliphatic rings. The molecule has 6 nitrogen and oxygen atoms in total. The fourth-order valence-corrected chi connectivity index (χ4v) is 3.94. The lowest BCUT2D eigenvalue weighted by molar-refractivity contribution is -0.173. The maximum Gasteiger partial charge on any atom is 0.410 e. The Morgan fingerprint density at radius 2 is 1.94 bits per heavy atom. The fourth-order valence-electron chi connectivity index (χ4n) is 3.76. The van der Waals surface area contributed by atoms with Crippen LogP contribution in [0, 0.1) is 0 Å². The minimum Gasteiger partial charge on any atom is -0.487 e. The topological polar surface area (TPSA) is 68.2 Å². The van der Waals surface area contributed by atoms with Crippen LogP contribution in [0.1, 0.15) is 41.3 Å². The number of nitrogens with one attached hydrogen (secondary N) is 2. The predicted octanol–water partition coefficient (Wildman–Crippen LogP) is 5.39. The van der Waals surface area contributed by atoms with E-state index in [1.807, 2.05) is 0 Å². The molecule has 174 valence electrons. The van der Waals surface area contributed by atoms with Crippen LogP contribution < -0.4 is 15.4 Å². The molecule has 0 saturated carbocycles. The van der Waals surface area contributed by atoms with E-state index in [0.717, 1.165) is 10.9 Å². The van der Waals surface area contributed by atoms with E-state index >= 15 is 0 Å². The maximum absolute atomic E-state index is 13.8. The van der Waals surface area contributed by atoms with Crippen LogP contribution in [-0.2, 0) is 0 Å². The zero-order valence-electron chi connectivity index (χ0n) is 17.6. The molecule has 3 aromatic rings. The average molecular weight is 479 g/mol. The van der Waals surface area contributed by atoms with Crippen molar-refractivity contribution in [2.24, 2.45) is 0 Å². The predicted molar refractivity (Wildman–Crippen MR) is 119 cm³/mol. The molecule has 1 amide bonds. The SMILES string of the molecule is CC(CNC(=O)c1cnn2c1NC(c1ccccc1)C[C@H]2C(F)(F)F)Oc1ccccc1Cl. The van der Waals surface area contributed by atoms with Gasteiger partial charge in [-0.1, -0.05) is 54.1 Å². The van der Waals surface area contributed by atoms with Crippen LogP contribution in [0.3, 0.4) is 0 Å². The Morgan fingerprint density at radius 3 is 2.64 bits per heavy atom. The van der Waals surface area contributed by atoms with E-state index in [9.17, 15) is 18.0 Å². The first-order chi connectivity index (χ1) is 15.7. The van der Waals surface area contributed by atoms with Gasteiger partial charge in [-0.05, 0) is 24.6 Å². The van der Waals surface area contributed by atoms with Gasteiger partial charge in [0.15, 0.2) is 6.04 Å². The third-order valence-electron chi connectivity index (χ3n) is 5.40. The second-order valence-corrected chi connectivity index (χ2v) is 8.23. The number of benzene rings is 2. The second kappa shape index (κ2) is 9.35. The van der Waals surface area contributed by atoms with Crippen LogP contribution in [0.25, 0.3) is 0 Å². The first-order valence-electron chi connectivity index (χ1n) is 10.4. The normalized spacial score (nSPS) is 18.7. The summed E-state index contributed by atoms with van der Waals surface area (Å²) in [6.45, 7) is 1.87. The van der Waals surface area contributed by atoms with E-state index in [4.69, 9.17) is 16.3 Å². The molecule has 2 aromatic carbocycles. The summed E-state index contributed by atoms with van der Waals surface area (Å²) in [7, 11) is 0. The highest BCUT2D eigenvalue weighted by Crippen LogP contribution is 2.44. The summed E-state index contributed by atoms with van der Waals surface area (Å²) in [6, 6.07) is 13.3. The van der Waals surface area contributed by atoms with Crippen molar-refractivity contribution in [2.75, 3.05) is 11.9 Å². The van der Waals surface area contributed by atoms with Crippen LogP contribution in [0.15, 0.2) is 60.8 Å². The molecule has 1 aliphatic heterocycles. The van der Waals surface area contributed by atoms with Crippen molar-refractivity contribution in [3.8, 4) is 5.75 Å². The number of hydrogen-bond donors (Lipinski definition) is 2. The number of aromatic nitrogens is 2. The summed E-state index contributed by atoms with van der Waals surface area (Å²) < 4.78 is 48.0. The van der Waals surface area contributed by atoms with Crippen molar-refractivity contribution in [2.45, 2.75) is 37.7 Å². The van der Waals surface area contributed by atoms with Crippen molar-refractivity contribution >= 4 is 23.3 Å². The monoisotopic (exact) mass is 478 g/mol. The molecule has 0 bridgehead atoms. The number of halogens is 4. The molecule has 4 rings (SSSR count).